The third-order valence-corrected chi connectivity index (χ3v) is 4.64. The molecule has 0 saturated carbocycles. The maximum Gasteiger partial charge on any atom is 0.255 e. The Kier molecular flexibility index (Phi) is 5.89. The molecule has 1 N–H and O–H groups in total. The Hall–Kier alpha value is -4.19. The van der Waals surface area contributed by atoms with Gasteiger partial charge in [-0.3, -0.25) is 4.79 Å². The van der Waals surface area contributed by atoms with E-state index in [0.717, 1.165) is 16.8 Å². The maximum atomic E-state index is 12.5. The van der Waals surface area contributed by atoms with Gasteiger partial charge in [0.15, 0.2) is 11.5 Å². The Balaban J connectivity index is 1.44. The number of ether oxygens (including phenoxy) is 2. The van der Waals surface area contributed by atoms with E-state index in [2.05, 4.69) is 15.5 Å². The van der Waals surface area contributed by atoms with Gasteiger partial charge in [0, 0.05) is 22.9 Å². The van der Waals surface area contributed by atoms with E-state index in [1.54, 1.807) is 31.4 Å². The van der Waals surface area contributed by atoms with Gasteiger partial charge in [0.2, 0.25) is 5.88 Å². The second-order valence-corrected chi connectivity index (χ2v) is 6.91. The Bertz CT molecular complexity index is 1190. The quantitative estimate of drug-likeness (QED) is 0.453. The number of hydrogen-bond donors (Lipinski definition) is 1. The van der Waals surface area contributed by atoms with Crippen LogP contribution in [0.25, 0.3) is 11.3 Å². The van der Waals surface area contributed by atoms with E-state index in [0.29, 0.717) is 28.6 Å². The molecule has 0 atom stereocenters. The van der Waals surface area contributed by atoms with Gasteiger partial charge in [-0.05, 0) is 55.0 Å². The van der Waals surface area contributed by atoms with Gasteiger partial charge in [-0.25, -0.2) is 0 Å². The average Bonchev–Trinajstić information content (AvgIpc) is 2.80. The van der Waals surface area contributed by atoms with E-state index in [9.17, 15) is 4.79 Å². The van der Waals surface area contributed by atoms with Crippen LogP contribution in [0, 0.1) is 6.92 Å². The van der Waals surface area contributed by atoms with Crippen LogP contribution in [-0.4, -0.2) is 23.2 Å². The van der Waals surface area contributed by atoms with Crippen molar-refractivity contribution in [3.05, 3.63) is 96.1 Å². The summed E-state index contributed by atoms with van der Waals surface area (Å²) in [6, 6.07) is 25.8. The molecular formula is C25H21N3O3. The predicted molar refractivity (Wildman–Crippen MR) is 120 cm³/mol. The summed E-state index contributed by atoms with van der Waals surface area (Å²) in [6.45, 7) is 1.98. The molecule has 4 aromatic rings. The van der Waals surface area contributed by atoms with Gasteiger partial charge in [0.05, 0.1) is 12.8 Å². The van der Waals surface area contributed by atoms with Crippen molar-refractivity contribution in [1.29, 1.82) is 0 Å². The predicted octanol–water partition coefficient (Wildman–Crippen LogP) is 5.51. The summed E-state index contributed by atoms with van der Waals surface area (Å²) in [4.78, 5) is 12.5. The molecule has 1 aromatic heterocycles. The van der Waals surface area contributed by atoms with Crippen molar-refractivity contribution >= 4 is 11.6 Å². The molecule has 154 valence electrons. The zero-order valence-electron chi connectivity index (χ0n) is 17.2. The number of nitrogens with zero attached hydrogens (tertiary/aromatic N) is 2. The lowest BCUT2D eigenvalue weighted by molar-refractivity contribution is 0.102. The second-order valence-electron chi connectivity index (χ2n) is 6.91. The van der Waals surface area contributed by atoms with Crippen LogP contribution in [-0.2, 0) is 0 Å². The fourth-order valence-electron chi connectivity index (χ4n) is 3.06. The average molecular weight is 411 g/mol. The fourth-order valence-corrected chi connectivity index (χ4v) is 3.06. The third kappa shape index (κ3) is 4.87. The highest BCUT2D eigenvalue weighted by atomic mass is 16.5. The molecular weight excluding hydrogens is 390 g/mol. The van der Waals surface area contributed by atoms with E-state index >= 15 is 0 Å². The molecule has 0 fully saturated rings. The smallest absolute Gasteiger partial charge is 0.255 e. The molecule has 6 nitrogen and oxygen atoms in total. The number of rotatable bonds is 6. The number of carbonyl (C=O) groups is 1. The van der Waals surface area contributed by atoms with Crippen LogP contribution in [0.4, 0.5) is 5.69 Å². The van der Waals surface area contributed by atoms with Crippen LogP contribution in [0.5, 0.6) is 17.4 Å². The normalized spacial score (nSPS) is 10.4. The zero-order valence-corrected chi connectivity index (χ0v) is 17.2. The van der Waals surface area contributed by atoms with E-state index in [4.69, 9.17) is 9.47 Å². The van der Waals surface area contributed by atoms with Gasteiger partial charge >= 0.3 is 0 Å². The topological polar surface area (TPSA) is 73.3 Å². The van der Waals surface area contributed by atoms with Gasteiger partial charge in [-0.2, -0.15) is 0 Å². The molecule has 1 heterocycles. The van der Waals surface area contributed by atoms with Crippen molar-refractivity contribution in [2.24, 2.45) is 0 Å². The molecule has 0 aliphatic rings. The first-order chi connectivity index (χ1) is 15.1. The summed E-state index contributed by atoms with van der Waals surface area (Å²) >= 11 is 0. The lowest BCUT2D eigenvalue weighted by Gasteiger charge is -2.09. The monoisotopic (exact) mass is 411 g/mol. The number of nitrogens with one attached hydrogen (secondary N) is 1. The minimum absolute atomic E-state index is 0.163. The van der Waals surface area contributed by atoms with Crippen LogP contribution in [0.3, 0.4) is 0 Å². The number of carbonyl (C=O) groups excluding carboxylic acids is 1. The van der Waals surface area contributed by atoms with Gasteiger partial charge in [-0.1, -0.05) is 36.4 Å². The van der Waals surface area contributed by atoms with E-state index in [-0.39, 0.29) is 5.91 Å². The van der Waals surface area contributed by atoms with Gasteiger partial charge in [0.1, 0.15) is 0 Å². The molecule has 0 unspecified atom stereocenters. The lowest BCUT2D eigenvalue weighted by Crippen LogP contribution is -2.11. The van der Waals surface area contributed by atoms with Crippen LogP contribution in [0.1, 0.15) is 15.9 Å². The Labute approximate surface area is 180 Å². The maximum absolute atomic E-state index is 12.5. The van der Waals surface area contributed by atoms with Crippen molar-refractivity contribution in [3.63, 3.8) is 0 Å². The number of methoxy groups -OCH3 is 1. The molecule has 1 amide bonds. The second kappa shape index (κ2) is 9.09. The Morgan fingerprint density at radius 2 is 1.61 bits per heavy atom. The zero-order chi connectivity index (χ0) is 21.6. The SMILES string of the molecule is COc1ccccc1Oc1ccc(-c2ccc(C(=O)Nc3cccc(C)c3)cc2)nn1. The minimum Gasteiger partial charge on any atom is -0.493 e. The van der Waals surface area contributed by atoms with Crippen molar-refractivity contribution in [1.82, 2.24) is 10.2 Å². The van der Waals surface area contributed by atoms with Gasteiger partial charge < -0.3 is 14.8 Å². The van der Waals surface area contributed by atoms with Crippen LogP contribution in [0.2, 0.25) is 0 Å². The first kappa shape index (κ1) is 20.1. The molecule has 0 aliphatic carbocycles. The molecule has 31 heavy (non-hydrogen) atoms. The largest absolute Gasteiger partial charge is 0.493 e. The highest BCUT2D eigenvalue weighted by Gasteiger charge is 2.09. The first-order valence-corrected chi connectivity index (χ1v) is 9.75. The molecule has 0 spiro atoms. The molecule has 0 radical (unpaired) electrons. The van der Waals surface area contributed by atoms with Gasteiger partial charge in [0.25, 0.3) is 5.91 Å². The number of hydrogen-bond acceptors (Lipinski definition) is 5. The van der Waals surface area contributed by atoms with Crippen LogP contribution >= 0.6 is 0 Å². The number of anilines is 1. The van der Waals surface area contributed by atoms with E-state index in [1.165, 1.54) is 0 Å². The highest BCUT2D eigenvalue weighted by molar-refractivity contribution is 6.04. The van der Waals surface area contributed by atoms with Crippen LogP contribution in [0.15, 0.2) is 84.9 Å². The highest BCUT2D eigenvalue weighted by Crippen LogP contribution is 2.30. The van der Waals surface area contributed by atoms with Crippen molar-refractivity contribution in [2.45, 2.75) is 6.92 Å². The molecule has 0 aliphatic heterocycles. The minimum atomic E-state index is -0.163. The number of benzene rings is 3. The number of para-hydroxylation sites is 2. The molecule has 4 rings (SSSR count). The van der Waals surface area contributed by atoms with Crippen molar-refractivity contribution < 1.29 is 14.3 Å². The summed E-state index contributed by atoms with van der Waals surface area (Å²) in [5.41, 5.74) is 3.95. The van der Waals surface area contributed by atoms with Crippen molar-refractivity contribution in [3.8, 4) is 28.6 Å². The summed E-state index contributed by atoms with van der Waals surface area (Å²) in [5, 5.41) is 11.3. The summed E-state index contributed by atoms with van der Waals surface area (Å²) in [7, 11) is 1.59. The molecule has 3 aromatic carbocycles. The van der Waals surface area contributed by atoms with Crippen LogP contribution < -0.4 is 14.8 Å². The van der Waals surface area contributed by atoms with E-state index < -0.39 is 0 Å². The fraction of sp³-hybridized carbons (Fsp3) is 0.0800. The standard InChI is InChI=1S/C25H21N3O3/c1-17-6-5-7-20(16-17)26-25(29)19-12-10-18(11-13-19)21-14-15-24(28-27-21)31-23-9-4-3-8-22(23)30-2/h3-16H,1-2H3,(H,26,29). The van der Waals surface area contributed by atoms with E-state index in [1.807, 2.05) is 67.6 Å². The molecule has 6 heteroatoms. The summed E-state index contributed by atoms with van der Waals surface area (Å²) in [6.07, 6.45) is 0. The molecule has 0 saturated heterocycles. The Morgan fingerprint density at radius 3 is 2.29 bits per heavy atom. The van der Waals surface area contributed by atoms with Gasteiger partial charge in [-0.15, -0.1) is 10.2 Å². The number of aryl methyl sites for hydroxylation is 1. The number of aromatic nitrogens is 2. The summed E-state index contributed by atoms with van der Waals surface area (Å²) in [5.74, 6) is 1.38. The Morgan fingerprint density at radius 1 is 0.839 bits per heavy atom. The van der Waals surface area contributed by atoms with Crippen molar-refractivity contribution in [2.75, 3.05) is 12.4 Å². The first-order valence-electron chi connectivity index (χ1n) is 9.75. The lowest BCUT2D eigenvalue weighted by atomic mass is 10.1. The summed E-state index contributed by atoms with van der Waals surface area (Å²) < 4.78 is 11.0. The third-order valence-electron chi connectivity index (χ3n) is 4.64. The molecule has 0 bridgehead atoms. The number of amides is 1.